The van der Waals surface area contributed by atoms with Crippen molar-refractivity contribution in [1.29, 1.82) is 0 Å². The van der Waals surface area contributed by atoms with Gasteiger partial charge in [0.1, 0.15) is 6.04 Å². The van der Waals surface area contributed by atoms with Gasteiger partial charge < -0.3 is 19.7 Å². The zero-order valence-corrected chi connectivity index (χ0v) is 11.8. The Morgan fingerprint density at radius 2 is 2.05 bits per heavy atom. The Bertz CT molecular complexity index is 521. The zero-order valence-electron chi connectivity index (χ0n) is 10.9. The van der Waals surface area contributed by atoms with Crippen molar-refractivity contribution < 1.29 is 14.3 Å². The summed E-state index contributed by atoms with van der Waals surface area (Å²) in [6, 6.07) is 3.69. The van der Waals surface area contributed by atoms with Gasteiger partial charge in [-0.2, -0.15) is 11.8 Å². The third-order valence-corrected chi connectivity index (χ3v) is 4.52. The van der Waals surface area contributed by atoms with E-state index in [9.17, 15) is 4.79 Å². The molecule has 19 heavy (non-hydrogen) atoms. The summed E-state index contributed by atoms with van der Waals surface area (Å²) in [6.07, 6.45) is 0. The fourth-order valence-corrected chi connectivity index (χ4v) is 3.58. The van der Waals surface area contributed by atoms with Gasteiger partial charge in [0, 0.05) is 30.2 Å². The lowest BCUT2D eigenvalue weighted by Crippen LogP contribution is -2.52. The summed E-state index contributed by atoms with van der Waals surface area (Å²) < 4.78 is 10.6. The molecule has 1 N–H and O–H groups in total. The molecule has 1 atom stereocenters. The first-order valence-electron chi connectivity index (χ1n) is 6.16. The highest BCUT2D eigenvalue weighted by molar-refractivity contribution is 7.99. The number of nitrogens with one attached hydrogen (secondary N) is 1. The van der Waals surface area contributed by atoms with Crippen molar-refractivity contribution in [3.8, 4) is 11.5 Å². The van der Waals surface area contributed by atoms with Gasteiger partial charge in [-0.05, 0) is 0 Å². The van der Waals surface area contributed by atoms with Crippen LogP contribution in [0.5, 0.6) is 11.5 Å². The SMILES string of the molecule is COc1cc2c(cc1OC)N1CCSCC1C(=O)N2. The number of amides is 1. The molecule has 2 aliphatic heterocycles. The van der Waals surface area contributed by atoms with Gasteiger partial charge in [0.2, 0.25) is 5.91 Å². The summed E-state index contributed by atoms with van der Waals surface area (Å²) in [4.78, 5) is 14.3. The molecule has 0 radical (unpaired) electrons. The number of thioether (sulfide) groups is 1. The fourth-order valence-electron chi connectivity index (χ4n) is 2.53. The number of hydrogen-bond acceptors (Lipinski definition) is 5. The average molecular weight is 280 g/mol. The molecule has 6 heteroatoms. The molecule has 0 aliphatic carbocycles. The molecule has 1 saturated heterocycles. The molecule has 2 heterocycles. The summed E-state index contributed by atoms with van der Waals surface area (Å²) in [5.41, 5.74) is 1.81. The highest BCUT2D eigenvalue weighted by Crippen LogP contribution is 2.42. The summed E-state index contributed by atoms with van der Waals surface area (Å²) in [6.45, 7) is 0.880. The Balaban J connectivity index is 2.08. The van der Waals surface area contributed by atoms with E-state index in [0.29, 0.717) is 11.5 Å². The van der Waals surface area contributed by atoms with Crippen LogP contribution in [0.15, 0.2) is 12.1 Å². The van der Waals surface area contributed by atoms with E-state index in [1.807, 2.05) is 23.9 Å². The van der Waals surface area contributed by atoms with E-state index in [0.717, 1.165) is 29.4 Å². The van der Waals surface area contributed by atoms with Crippen molar-refractivity contribution in [3.63, 3.8) is 0 Å². The molecule has 1 amide bonds. The monoisotopic (exact) mass is 280 g/mol. The zero-order chi connectivity index (χ0) is 13.4. The number of rotatable bonds is 2. The number of ether oxygens (including phenoxy) is 2. The lowest BCUT2D eigenvalue weighted by atomic mass is 10.1. The van der Waals surface area contributed by atoms with E-state index < -0.39 is 0 Å². The first kappa shape index (κ1) is 12.5. The van der Waals surface area contributed by atoms with Crippen molar-refractivity contribution in [2.75, 3.05) is 42.5 Å². The Hall–Kier alpha value is -1.56. The molecule has 1 unspecified atom stereocenters. The van der Waals surface area contributed by atoms with Crippen LogP contribution in [0.2, 0.25) is 0 Å². The van der Waals surface area contributed by atoms with Crippen molar-refractivity contribution in [2.45, 2.75) is 6.04 Å². The van der Waals surface area contributed by atoms with E-state index in [-0.39, 0.29) is 11.9 Å². The lowest BCUT2D eigenvalue weighted by molar-refractivity contribution is -0.117. The van der Waals surface area contributed by atoms with Gasteiger partial charge in [-0.1, -0.05) is 0 Å². The highest BCUT2D eigenvalue weighted by Gasteiger charge is 2.35. The standard InChI is InChI=1S/C13H16N2O3S/c1-17-11-5-8-9(6-12(11)18-2)15-3-4-19-7-10(15)13(16)14-8/h5-6,10H,3-4,7H2,1-2H3,(H,14,16). The summed E-state index contributed by atoms with van der Waals surface area (Å²) in [7, 11) is 3.21. The third kappa shape index (κ3) is 2.00. The summed E-state index contributed by atoms with van der Waals surface area (Å²) >= 11 is 1.82. The molecule has 0 aromatic heterocycles. The Morgan fingerprint density at radius 1 is 1.32 bits per heavy atom. The smallest absolute Gasteiger partial charge is 0.247 e. The fraction of sp³-hybridized carbons (Fsp3) is 0.462. The normalized spacial score (nSPS) is 21.3. The Labute approximate surface area is 116 Å². The number of benzene rings is 1. The Morgan fingerprint density at radius 3 is 2.79 bits per heavy atom. The van der Waals surface area contributed by atoms with Crippen LogP contribution < -0.4 is 19.7 Å². The number of carbonyl (C=O) groups excluding carboxylic acids is 1. The van der Waals surface area contributed by atoms with Gasteiger partial charge in [0.15, 0.2) is 11.5 Å². The van der Waals surface area contributed by atoms with Crippen LogP contribution in [0.25, 0.3) is 0 Å². The van der Waals surface area contributed by atoms with Crippen LogP contribution in [-0.4, -0.2) is 44.2 Å². The van der Waals surface area contributed by atoms with Gasteiger partial charge >= 0.3 is 0 Å². The van der Waals surface area contributed by atoms with Gasteiger partial charge in [0.05, 0.1) is 25.6 Å². The van der Waals surface area contributed by atoms with E-state index >= 15 is 0 Å². The van der Waals surface area contributed by atoms with Crippen molar-refractivity contribution in [2.24, 2.45) is 0 Å². The van der Waals surface area contributed by atoms with E-state index in [1.165, 1.54) is 0 Å². The maximum atomic E-state index is 12.1. The van der Waals surface area contributed by atoms with E-state index in [4.69, 9.17) is 9.47 Å². The maximum Gasteiger partial charge on any atom is 0.247 e. The number of nitrogens with zero attached hydrogens (tertiary/aromatic N) is 1. The molecule has 1 aromatic rings. The van der Waals surface area contributed by atoms with Crippen LogP contribution in [0, 0.1) is 0 Å². The Kier molecular flexibility index (Phi) is 3.18. The molecule has 0 saturated carbocycles. The van der Waals surface area contributed by atoms with Crippen molar-refractivity contribution in [3.05, 3.63) is 12.1 Å². The molecule has 0 spiro atoms. The molecule has 0 bridgehead atoms. The molecule has 2 aliphatic rings. The molecule has 5 nitrogen and oxygen atoms in total. The maximum absolute atomic E-state index is 12.1. The first-order chi connectivity index (χ1) is 9.24. The minimum Gasteiger partial charge on any atom is -0.493 e. The van der Waals surface area contributed by atoms with Crippen LogP contribution in [0.1, 0.15) is 0 Å². The minimum absolute atomic E-state index is 0.0620. The predicted molar refractivity (Wildman–Crippen MR) is 76.6 cm³/mol. The topological polar surface area (TPSA) is 50.8 Å². The largest absolute Gasteiger partial charge is 0.493 e. The average Bonchev–Trinajstić information content (AvgIpc) is 2.46. The first-order valence-corrected chi connectivity index (χ1v) is 7.31. The third-order valence-electron chi connectivity index (χ3n) is 3.50. The number of methoxy groups -OCH3 is 2. The number of hydrogen-bond donors (Lipinski definition) is 1. The second-order valence-corrected chi connectivity index (χ2v) is 5.65. The number of carbonyl (C=O) groups is 1. The van der Waals surface area contributed by atoms with E-state index in [2.05, 4.69) is 10.2 Å². The molecule has 1 aromatic carbocycles. The molecular weight excluding hydrogens is 264 g/mol. The van der Waals surface area contributed by atoms with E-state index in [1.54, 1.807) is 14.2 Å². The number of anilines is 2. The summed E-state index contributed by atoms with van der Waals surface area (Å²) in [5, 5.41) is 2.96. The molecule has 102 valence electrons. The van der Waals surface area contributed by atoms with Gasteiger partial charge in [-0.15, -0.1) is 0 Å². The minimum atomic E-state index is -0.0793. The van der Waals surface area contributed by atoms with Crippen LogP contribution >= 0.6 is 11.8 Å². The molecular formula is C13H16N2O3S. The van der Waals surface area contributed by atoms with Crippen LogP contribution in [-0.2, 0) is 4.79 Å². The van der Waals surface area contributed by atoms with Crippen LogP contribution in [0.3, 0.4) is 0 Å². The molecule has 1 fully saturated rings. The second kappa shape index (κ2) is 4.85. The highest BCUT2D eigenvalue weighted by atomic mass is 32.2. The van der Waals surface area contributed by atoms with Gasteiger partial charge in [-0.3, -0.25) is 4.79 Å². The van der Waals surface area contributed by atoms with Crippen molar-refractivity contribution in [1.82, 2.24) is 0 Å². The van der Waals surface area contributed by atoms with Gasteiger partial charge in [0.25, 0.3) is 0 Å². The van der Waals surface area contributed by atoms with Crippen LogP contribution in [0.4, 0.5) is 11.4 Å². The lowest BCUT2D eigenvalue weighted by Gasteiger charge is -2.40. The molecule has 3 rings (SSSR count). The number of fused-ring (bicyclic) bond motifs is 3. The predicted octanol–water partition coefficient (Wildman–Crippen LogP) is 1.58. The van der Waals surface area contributed by atoms with Crippen molar-refractivity contribution >= 4 is 29.0 Å². The second-order valence-electron chi connectivity index (χ2n) is 4.50. The van der Waals surface area contributed by atoms with Gasteiger partial charge in [-0.25, -0.2) is 0 Å². The summed E-state index contributed by atoms with van der Waals surface area (Å²) in [5.74, 6) is 3.25. The quantitative estimate of drug-likeness (QED) is 0.891.